The van der Waals surface area contributed by atoms with Crippen LogP contribution < -0.4 is 61.5 Å². The molecule has 10 amide bonds. The Hall–Kier alpha value is -10.1. The number of urea groups is 2. The summed E-state index contributed by atoms with van der Waals surface area (Å²) in [6.07, 6.45) is 9.17. The predicted molar refractivity (Wildman–Crippen MR) is 396 cm³/mol. The molecule has 10 rings (SSSR count). The maximum atomic E-state index is 14.6. The first kappa shape index (κ1) is 80.0. The maximum Gasteiger partial charge on any atom is 0.315 e. The highest BCUT2D eigenvalue weighted by Gasteiger charge is 2.49. The largest absolute Gasteiger partial charge is 0.497 e. The Balaban J connectivity index is 0.000000245. The Labute approximate surface area is 618 Å². The van der Waals surface area contributed by atoms with Crippen LogP contribution in [-0.4, -0.2) is 203 Å². The molecule has 9 N–H and O–H groups in total. The average Bonchev–Trinajstić information content (AvgIpc) is 1.42. The Bertz CT molecular complexity index is 4130. The number of fused-ring (bicyclic) bond motifs is 2. The van der Waals surface area contributed by atoms with Crippen molar-refractivity contribution in [3.8, 4) is 34.6 Å². The minimum atomic E-state index is -1.47. The summed E-state index contributed by atoms with van der Waals surface area (Å²) in [7, 11) is 3.14. The molecule has 2 saturated carbocycles. The van der Waals surface area contributed by atoms with Gasteiger partial charge in [-0.25, -0.2) is 28.9 Å². The van der Waals surface area contributed by atoms with Crippen LogP contribution in [-0.2, 0) is 33.6 Å². The van der Waals surface area contributed by atoms with Crippen molar-refractivity contribution < 1.29 is 67.2 Å². The fourth-order valence-corrected chi connectivity index (χ4v) is 12.6. The minimum Gasteiger partial charge on any atom is -0.497 e. The molecule has 4 aliphatic rings. The van der Waals surface area contributed by atoms with Gasteiger partial charge in [-0.05, 0) is 127 Å². The molecule has 0 bridgehead atoms. The van der Waals surface area contributed by atoms with Gasteiger partial charge in [0.2, 0.25) is 29.4 Å². The van der Waals surface area contributed by atoms with Gasteiger partial charge in [-0.2, -0.15) is 10.2 Å². The molecule has 30 nitrogen and oxygen atoms in total. The Morgan fingerprint density at radius 1 is 0.557 bits per heavy atom. The fourth-order valence-electron chi connectivity index (χ4n) is 12.6. The zero-order valence-electron chi connectivity index (χ0n) is 63.8. The third kappa shape index (κ3) is 21.1. The summed E-state index contributed by atoms with van der Waals surface area (Å²) in [5.41, 5.74) is -1.45. The van der Waals surface area contributed by atoms with Crippen LogP contribution in [0.5, 0.6) is 23.0 Å². The molecule has 30 heteroatoms. The van der Waals surface area contributed by atoms with E-state index in [2.05, 4.69) is 52.7 Å². The average molecular weight is 1470 g/mol. The van der Waals surface area contributed by atoms with Crippen LogP contribution in [0.3, 0.4) is 0 Å². The van der Waals surface area contributed by atoms with Gasteiger partial charge in [0.25, 0.3) is 11.8 Å². The van der Waals surface area contributed by atoms with Gasteiger partial charge >= 0.3 is 12.1 Å². The second-order valence-corrected chi connectivity index (χ2v) is 32.0. The van der Waals surface area contributed by atoms with E-state index < -0.39 is 130 Å². The highest BCUT2D eigenvalue weighted by atomic mass is 16.5. The lowest BCUT2D eigenvalue weighted by Crippen LogP contribution is -2.61. The molecule has 106 heavy (non-hydrogen) atoms. The van der Waals surface area contributed by atoms with E-state index in [-0.39, 0.29) is 44.4 Å². The van der Waals surface area contributed by atoms with E-state index >= 15 is 0 Å². The number of rotatable bonds is 26. The topological polar surface area (TPSA) is 375 Å². The van der Waals surface area contributed by atoms with Crippen molar-refractivity contribution in [2.75, 3.05) is 27.3 Å². The predicted octanol–water partition coefficient (Wildman–Crippen LogP) is 6.64. The van der Waals surface area contributed by atoms with Crippen LogP contribution in [0.4, 0.5) is 9.59 Å². The van der Waals surface area contributed by atoms with Gasteiger partial charge in [0.05, 0.1) is 50.4 Å². The number of aromatic nitrogens is 6. The highest BCUT2D eigenvalue weighted by molar-refractivity contribution is 6.38. The van der Waals surface area contributed by atoms with E-state index in [9.17, 15) is 48.3 Å². The number of Topliss-reactive ketones (excluding diaryl/α,β-unsaturated/α-hetero) is 1. The van der Waals surface area contributed by atoms with Crippen LogP contribution in [0, 0.1) is 10.8 Å². The Morgan fingerprint density at radius 3 is 1.36 bits per heavy atom. The molecule has 574 valence electrons. The van der Waals surface area contributed by atoms with Crippen molar-refractivity contribution in [3.63, 3.8) is 0 Å². The molecule has 0 radical (unpaired) electrons. The second kappa shape index (κ2) is 33.5. The zero-order valence-corrected chi connectivity index (χ0v) is 63.8. The Morgan fingerprint density at radius 2 is 0.981 bits per heavy atom. The SMILES string of the molecule is CCC[C@H](NC(=O)[C@@H]1CC(Oc2cc(-n3cccn3)nc3cc(OC)ccc23)CN1C(=O)[C@@H](NC(=O)NC(C)(C)C)C(C)(C)C)C(=O)C(=O)NC1CC1.CCC[C@H](NC(=O)[C@@H]1CC(Oc2cc(-n3cccn3)nc3cc(OC)ccc23)CN1C(=O)[C@@H](NC(=O)NC(C)(C)C)C(C)(C)C)C(O)C(=O)NC1CC1. The number of likely N-dealkylation sites (tertiary alicyclic amines) is 2. The fraction of sp³-hybridized carbons (Fsp3) is 0.566. The number of aliphatic hydroxyl groups is 1. The molecule has 4 fully saturated rings. The standard InChI is InChI=1S/C38H54N8O7.C38H52N8O7/c2*1-9-11-26(31(47)34(49)40-22-12-13-22)42-33(48)28-19-24(21-45(28)35(50)32(37(2,3)4)43-36(51)44-38(5,6)7)53-29-20-30(46-17-10-16-39-46)41-27-18-23(52-8)14-15-25(27)29/h10,14-18,20,22,24,26,28,31-32,47H,9,11-13,19,21H2,1-8H3,(H,40,49)(H,42,48)(H2,43,44,51);10,14-18,20,22,24,26,28,32H,9,11-13,19,21H2,1-8H3,(H,40,49)(H,42,48)(H2,43,44,51)/t24?,26-,28-,31?,32+;24?,26-,28-,32+/m00/s1. The summed E-state index contributed by atoms with van der Waals surface area (Å²) in [6, 6.07) is 10.7. The number of ketones is 1. The lowest BCUT2D eigenvalue weighted by molar-refractivity contribution is -0.144. The van der Waals surface area contributed by atoms with Crippen molar-refractivity contribution in [1.29, 1.82) is 0 Å². The Kier molecular flexibility index (Phi) is 25.3. The number of benzene rings is 2. The molecule has 0 spiro atoms. The molecule has 9 atom stereocenters. The molecule has 6 aromatic rings. The van der Waals surface area contributed by atoms with Crippen molar-refractivity contribution in [2.24, 2.45) is 10.8 Å². The molecule has 2 aromatic carbocycles. The van der Waals surface area contributed by atoms with Gasteiger partial charge < -0.3 is 76.4 Å². The van der Waals surface area contributed by atoms with Crippen LogP contribution in [0.1, 0.15) is 161 Å². The number of amides is 10. The second-order valence-electron chi connectivity index (χ2n) is 32.0. The van der Waals surface area contributed by atoms with E-state index in [1.807, 2.05) is 109 Å². The summed E-state index contributed by atoms with van der Waals surface area (Å²) in [5.74, 6) is -0.979. The summed E-state index contributed by atoms with van der Waals surface area (Å²) < 4.78 is 27.4. The number of pyridine rings is 2. The summed E-state index contributed by atoms with van der Waals surface area (Å²) >= 11 is 0. The van der Waals surface area contributed by atoms with Gasteiger partial charge in [-0.1, -0.05) is 68.2 Å². The lowest BCUT2D eigenvalue weighted by Gasteiger charge is -2.36. The monoisotopic (exact) mass is 1470 g/mol. The molecule has 6 heterocycles. The van der Waals surface area contributed by atoms with E-state index in [4.69, 9.17) is 28.9 Å². The zero-order chi connectivity index (χ0) is 77.3. The number of nitrogens with zero attached hydrogens (tertiary/aromatic N) is 8. The van der Waals surface area contributed by atoms with E-state index in [1.54, 1.807) is 96.9 Å². The number of ether oxygens (including phenoxy) is 4. The molecule has 3 unspecified atom stereocenters. The number of methoxy groups -OCH3 is 2. The molecular formula is C76H106N16O14. The normalized spacial score (nSPS) is 18.9. The number of carbonyl (C=O) groups is 9. The molecular weight excluding hydrogens is 1360 g/mol. The van der Waals surface area contributed by atoms with Gasteiger partial charge in [0, 0.05) is 95.8 Å². The molecule has 2 aliphatic carbocycles. The quantitative estimate of drug-likeness (QED) is 0.0257. The smallest absolute Gasteiger partial charge is 0.315 e. The summed E-state index contributed by atoms with van der Waals surface area (Å²) in [6.45, 7) is 25.8. The van der Waals surface area contributed by atoms with Crippen molar-refractivity contribution in [1.82, 2.24) is 81.9 Å². The first-order chi connectivity index (χ1) is 49.9. The van der Waals surface area contributed by atoms with Crippen molar-refractivity contribution in [3.05, 3.63) is 85.5 Å². The number of hydrogen-bond acceptors (Lipinski definition) is 18. The van der Waals surface area contributed by atoms with Gasteiger partial charge in [0.1, 0.15) is 59.4 Å². The van der Waals surface area contributed by atoms with Crippen molar-refractivity contribution >= 4 is 75.1 Å². The van der Waals surface area contributed by atoms with E-state index in [0.717, 1.165) is 25.7 Å². The summed E-state index contributed by atoms with van der Waals surface area (Å²) in [5, 5.41) is 43.6. The highest BCUT2D eigenvalue weighted by Crippen LogP contribution is 2.37. The van der Waals surface area contributed by atoms with Crippen LogP contribution in [0.2, 0.25) is 0 Å². The van der Waals surface area contributed by atoms with Crippen LogP contribution >= 0.6 is 0 Å². The van der Waals surface area contributed by atoms with Gasteiger partial charge in [-0.15, -0.1) is 0 Å². The first-order valence-corrected chi connectivity index (χ1v) is 36.5. The number of nitrogens with one attached hydrogen (secondary N) is 8. The molecule has 2 aliphatic heterocycles. The van der Waals surface area contributed by atoms with Gasteiger partial charge in [0.15, 0.2) is 17.7 Å². The number of hydrogen-bond donors (Lipinski definition) is 9. The molecule has 4 aromatic heterocycles. The number of carbonyl (C=O) groups excluding carboxylic acids is 9. The van der Waals surface area contributed by atoms with E-state index in [0.29, 0.717) is 75.7 Å². The van der Waals surface area contributed by atoms with Gasteiger partial charge in [-0.3, -0.25) is 33.6 Å². The van der Waals surface area contributed by atoms with E-state index in [1.165, 1.54) is 9.80 Å². The molecule has 2 saturated heterocycles. The lowest BCUT2D eigenvalue weighted by atomic mass is 9.85. The number of aliphatic hydroxyl groups excluding tert-OH is 1. The van der Waals surface area contributed by atoms with Crippen LogP contribution in [0.25, 0.3) is 33.4 Å². The summed E-state index contributed by atoms with van der Waals surface area (Å²) in [4.78, 5) is 135. The van der Waals surface area contributed by atoms with Crippen LogP contribution in [0.15, 0.2) is 85.5 Å². The third-order valence-corrected chi connectivity index (χ3v) is 18.3. The minimum absolute atomic E-state index is 0.00228. The van der Waals surface area contributed by atoms with Crippen molar-refractivity contribution in [2.45, 2.75) is 239 Å². The first-order valence-electron chi connectivity index (χ1n) is 36.5. The third-order valence-electron chi connectivity index (χ3n) is 18.3. The maximum absolute atomic E-state index is 14.6.